The second-order valence-corrected chi connectivity index (χ2v) is 5.86. The van der Waals surface area contributed by atoms with Gasteiger partial charge in [-0.05, 0) is 31.0 Å². The van der Waals surface area contributed by atoms with Crippen molar-refractivity contribution in [1.29, 1.82) is 0 Å². The van der Waals surface area contributed by atoms with Gasteiger partial charge >= 0.3 is 18.0 Å². The topological polar surface area (TPSA) is 103 Å². The molecule has 146 valence electrons. The van der Waals surface area contributed by atoms with Crippen molar-refractivity contribution in [1.82, 2.24) is 10.6 Å². The number of methoxy groups -OCH3 is 1. The number of esters is 2. The molecule has 0 fully saturated rings. The highest BCUT2D eigenvalue weighted by molar-refractivity contribution is 5.94. The molecular formula is C19H24N2O6. The largest absolute Gasteiger partial charge is 0.497 e. The average Bonchev–Trinajstić information content (AvgIpc) is 2.66. The zero-order chi connectivity index (χ0) is 19.8. The monoisotopic (exact) mass is 376 g/mol. The van der Waals surface area contributed by atoms with Crippen molar-refractivity contribution in [2.75, 3.05) is 20.3 Å². The summed E-state index contributed by atoms with van der Waals surface area (Å²) in [5.74, 6) is -0.389. The first kappa shape index (κ1) is 20.3. The van der Waals surface area contributed by atoms with Crippen molar-refractivity contribution in [3.8, 4) is 5.75 Å². The highest BCUT2D eigenvalue weighted by atomic mass is 16.5. The molecule has 1 atom stereocenters. The average molecular weight is 376 g/mol. The molecule has 2 amide bonds. The molecule has 2 N–H and O–H groups in total. The number of carbonyl (C=O) groups excluding carboxylic acids is 3. The standard InChI is InChI=1S/C19H24N2O6/c1-4-14-17(18(23)26-5-2)15(21-19(24)20-14)11-27-16(22)10-12-7-6-8-13(9-12)25-3/h6-9,14H,4-5,10-11H2,1-3H3,(H2,20,21,24)/t14-/m0/s1. The molecule has 1 aromatic carbocycles. The number of benzene rings is 1. The third kappa shape index (κ3) is 5.47. The van der Waals surface area contributed by atoms with Crippen molar-refractivity contribution < 1.29 is 28.6 Å². The van der Waals surface area contributed by atoms with Crippen molar-refractivity contribution >= 4 is 18.0 Å². The maximum Gasteiger partial charge on any atom is 0.338 e. The number of hydrogen-bond acceptors (Lipinski definition) is 6. The predicted molar refractivity (Wildman–Crippen MR) is 97.1 cm³/mol. The molecule has 0 unspecified atom stereocenters. The first-order valence-corrected chi connectivity index (χ1v) is 8.74. The second-order valence-electron chi connectivity index (χ2n) is 5.86. The molecule has 8 nitrogen and oxygen atoms in total. The molecule has 0 aromatic heterocycles. The van der Waals surface area contributed by atoms with Crippen LogP contribution in [0.25, 0.3) is 0 Å². The molecule has 0 saturated carbocycles. The molecule has 0 aliphatic carbocycles. The van der Waals surface area contributed by atoms with Crippen LogP contribution in [0.2, 0.25) is 0 Å². The van der Waals surface area contributed by atoms with Crippen LogP contribution in [-0.2, 0) is 25.5 Å². The van der Waals surface area contributed by atoms with Crippen molar-refractivity contribution in [3.63, 3.8) is 0 Å². The Balaban J connectivity index is 2.10. The van der Waals surface area contributed by atoms with Crippen LogP contribution in [0.3, 0.4) is 0 Å². The highest BCUT2D eigenvalue weighted by Gasteiger charge is 2.31. The second kappa shape index (κ2) is 9.61. The Bertz CT molecular complexity index is 743. The molecular weight excluding hydrogens is 352 g/mol. The van der Waals surface area contributed by atoms with Gasteiger partial charge in [0.2, 0.25) is 0 Å². The van der Waals surface area contributed by atoms with E-state index >= 15 is 0 Å². The van der Waals surface area contributed by atoms with Gasteiger partial charge in [0.25, 0.3) is 0 Å². The van der Waals surface area contributed by atoms with Crippen LogP contribution in [0, 0.1) is 0 Å². The summed E-state index contributed by atoms with van der Waals surface area (Å²) in [5.41, 5.74) is 1.25. The van der Waals surface area contributed by atoms with Crippen LogP contribution < -0.4 is 15.4 Å². The summed E-state index contributed by atoms with van der Waals surface area (Å²) < 4.78 is 15.5. The van der Waals surface area contributed by atoms with E-state index in [4.69, 9.17) is 14.2 Å². The molecule has 27 heavy (non-hydrogen) atoms. The number of hydrogen-bond donors (Lipinski definition) is 2. The van der Waals surface area contributed by atoms with Gasteiger partial charge in [0, 0.05) is 0 Å². The number of rotatable bonds is 8. The van der Waals surface area contributed by atoms with Gasteiger partial charge < -0.3 is 24.8 Å². The minimum atomic E-state index is -0.546. The summed E-state index contributed by atoms with van der Waals surface area (Å²) in [6.07, 6.45) is 0.547. The maximum absolute atomic E-state index is 12.3. The van der Waals surface area contributed by atoms with Crippen molar-refractivity contribution in [2.45, 2.75) is 32.7 Å². The Morgan fingerprint density at radius 1 is 1.19 bits per heavy atom. The van der Waals surface area contributed by atoms with Crippen molar-refractivity contribution in [2.24, 2.45) is 0 Å². The summed E-state index contributed by atoms with van der Waals surface area (Å²) in [7, 11) is 1.55. The lowest BCUT2D eigenvalue weighted by atomic mass is 10.0. The number of amides is 2. The molecule has 1 aromatic rings. The fraction of sp³-hybridized carbons (Fsp3) is 0.421. The lowest BCUT2D eigenvalue weighted by Gasteiger charge is -2.28. The first-order chi connectivity index (χ1) is 13.0. The zero-order valence-electron chi connectivity index (χ0n) is 15.7. The smallest absolute Gasteiger partial charge is 0.338 e. The Hall–Kier alpha value is -3.03. The fourth-order valence-corrected chi connectivity index (χ4v) is 2.73. The van der Waals surface area contributed by atoms with E-state index < -0.39 is 24.0 Å². The van der Waals surface area contributed by atoms with Crippen LogP contribution in [0.5, 0.6) is 5.75 Å². The van der Waals surface area contributed by atoms with Gasteiger partial charge in [0.15, 0.2) is 0 Å². The quantitative estimate of drug-likeness (QED) is 0.670. The van der Waals surface area contributed by atoms with E-state index in [-0.39, 0.29) is 30.9 Å². The van der Waals surface area contributed by atoms with Crippen LogP contribution in [-0.4, -0.2) is 44.3 Å². The summed E-state index contributed by atoms with van der Waals surface area (Å²) in [5, 5.41) is 5.20. The predicted octanol–water partition coefficient (Wildman–Crippen LogP) is 1.69. The Morgan fingerprint density at radius 2 is 1.96 bits per heavy atom. The van der Waals surface area contributed by atoms with E-state index in [0.29, 0.717) is 12.2 Å². The molecule has 0 bridgehead atoms. The normalized spacial score (nSPS) is 16.3. The molecule has 0 spiro atoms. The molecule has 1 heterocycles. The minimum Gasteiger partial charge on any atom is -0.497 e. The van der Waals surface area contributed by atoms with E-state index in [2.05, 4.69) is 10.6 Å². The molecule has 1 aliphatic rings. The van der Waals surface area contributed by atoms with Crippen LogP contribution in [0.15, 0.2) is 35.5 Å². The molecule has 2 rings (SSSR count). The summed E-state index contributed by atoms with van der Waals surface area (Å²) in [6, 6.07) is 6.14. The van der Waals surface area contributed by atoms with E-state index in [1.165, 1.54) is 0 Å². The summed E-state index contributed by atoms with van der Waals surface area (Å²) in [4.78, 5) is 36.2. The Labute approximate surface area is 157 Å². The molecule has 8 heteroatoms. The van der Waals surface area contributed by atoms with Gasteiger partial charge in [-0.1, -0.05) is 19.1 Å². The van der Waals surface area contributed by atoms with Gasteiger partial charge in [0.1, 0.15) is 12.4 Å². The maximum atomic E-state index is 12.3. The SMILES string of the molecule is CCOC(=O)C1=C(COC(=O)Cc2cccc(OC)c2)NC(=O)N[C@H]1CC. The van der Waals surface area contributed by atoms with Crippen molar-refractivity contribution in [3.05, 3.63) is 41.1 Å². The van der Waals surface area contributed by atoms with Crippen LogP contribution >= 0.6 is 0 Å². The molecule has 0 saturated heterocycles. The lowest BCUT2D eigenvalue weighted by Crippen LogP contribution is -2.51. The number of carbonyl (C=O) groups is 3. The van der Waals surface area contributed by atoms with E-state index in [1.807, 2.05) is 6.92 Å². The number of nitrogens with one attached hydrogen (secondary N) is 2. The van der Waals surface area contributed by atoms with Gasteiger partial charge in [-0.3, -0.25) is 4.79 Å². The fourth-order valence-electron chi connectivity index (χ4n) is 2.73. The minimum absolute atomic E-state index is 0.0443. The van der Waals surface area contributed by atoms with Gasteiger partial charge in [-0.2, -0.15) is 0 Å². The van der Waals surface area contributed by atoms with E-state index in [1.54, 1.807) is 38.3 Å². The number of urea groups is 1. The Kier molecular flexibility index (Phi) is 7.22. The van der Waals surface area contributed by atoms with Gasteiger partial charge in [-0.15, -0.1) is 0 Å². The third-order valence-electron chi connectivity index (χ3n) is 4.01. The van der Waals surface area contributed by atoms with E-state index in [9.17, 15) is 14.4 Å². The van der Waals surface area contributed by atoms with Crippen LogP contribution in [0.1, 0.15) is 25.8 Å². The zero-order valence-corrected chi connectivity index (χ0v) is 15.7. The Morgan fingerprint density at radius 3 is 2.63 bits per heavy atom. The summed E-state index contributed by atoms with van der Waals surface area (Å²) in [6.45, 7) is 3.51. The summed E-state index contributed by atoms with van der Waals surface area (Å²) >= 11 is 0. The lowest BCUT2D eigenvalue weighted by molar-refractivity contribution is -0.143. The number of ether oxygens (including phenoxy) is 3. The molecule has 1 aliphatic heterocycles. The van der Waals surface area contributed by atoms with Gasteiger partial charge in [-0.25, -0.2) is 9.59 Å². The van der Waals surface area contributed by atoms with Crippen LogP contribution in [0.4, 0.5) is 4.79 Å². The first-order valence-electron chi connectivity index (χ1n) is 8.74. The third-order valence-corrected chi connectivity index (χ3v) is 4.01. The highest BCUT2D eigenvalue weighted by Crippen LogP contribution is 2.18. The van der Waals surface area contributed by atoms with Gasteiger partial charge in [0.05, 0.1) is 37.4 Å². The van der Waals surface area contributed by atoms with E-state index in [0.717, 1.165) is 5.56 Å². The molecule has 0 radical (unpaired) electrons.